The highest BCUT2D eigenvalue weighted by atomic mass is 35.5. The lowest BCUT2D eigenvalue weighted by molar-refractivity contribution is 0.0951. The monoisotopic (exact) mass is 482 g/mol. The summed E-state index contributed by atoms with van der Waals surface area (Å²) in [6, 6.07) is 24.4. The summed E-state index contributed by atoms with van der Waals surface area (Å²) in [7, 11) is 0. The molecule has 0 aliphatic rings. The number of hydrogen-bond acceptors (Lipinski definition) is 5. The highest BCUT2D eigenvalue weighted by Crippen LogP contribution is 2.25. The Balaban J connectivity index is 1.44. The molecule has 174 valence electrons. The quantitative estimate of drug-likeness (QED) is 0.321. The number of benzene rings is 3. The average molecular weight is 483 g/mol. The molecule has 0 saturated heterocycles. The van der Waals surface area contributed by atoms with Crippen LogP contribution in [-0.2, 0) is 6.54 Å². The Morgan fingerprint density at radius 2 is 1.66 bits per heavy atom. The van der Waals surface area contributed by atoms with Crippen molar-refractivity contribution in [1.29, 1.82) is 0 Å². The third kappa shape index (κ3) is 4.85. The normalized spacial score (nSPS) is 10.9. The van der Waals surface area contributed by atoms with E-state index in [1.165, 1.54) is 0 Å². The molecule has 5 aromatic rings. The Morgan fingerprint density at radius 3 is 2.40 bits per heavy atom. The number of para-hydroxylation sites is 2. The zero-order chi connectivity index (χ0) is 24.4. The van der Waals surface area contributed by atoms with Crippen LogP contribution in [0.4, 0.5) is 11.5 Å². The van der Waals surface area contributed by atoms with Crippen molar-refractivity contribution >= 4 is 40.0 Å². The van der Waals surface area contributed by atoms with Crippen LogP contribution in [0.15, 0.2) is 78.9 Å². The first-order valence-electron chi connectivity index (χ1n) is 11.2. The molecule has 0 bridgehead atoms. The molecule has 0 saturated carbocycles. The van der Waals surface area contributed by atoms with Crippen LogP contribution in [0.25, 0.3) is 16.9 Å². The number of rotatable bonds is 6. The minimum atomic E-state index is -0.197. The number of nitrogens with one attached hydrogen (secondary N) is 2. The molecule has 0 spiro atoms. The van der Waals surface area contributed by atoms with Gasteiger partial charge in [-0.2, -0.15) is 5.10 Å². The van der Waals surface area contributed by atoms with Gasteiger partial charge in [-0.3, -0.25) is 4.79 Å². The second-order valence-electron chi connectivity index (χ2n) is 8.20. The predicted molar refractivity (Wildman–Crippen MR) is 138 cm³/mol. The van der Waals surface area contributed by atoms with Crippen LogP contribution in [-0.4, -0.2) is 25.7 Å². The van der Waals surface area contributed by atoms with Crippen LogP contribution in [0.2, 0.25) is 5.02 Å². The third-order valence-corrected chi connectivity index (χ3v) is 5.92. The molecular weight excluding hydrogens is 460 g/mol. The molecular formula is C27H23ClN6O. The molecule has 35 heavy (non-hydrogen) atoms. The standard InChI is InChI=1S/C27H23ClN6O/c1-17-14-18(2)34(33-17)26-25(31-23-12-5-6-13-24(23)32-26)30-21-10-7-9-19(15-21)27(35)29-16-20-8-3-4-11-22(20)28/h3-15H,16H2,1-2H3,(H,29,35)(H,30,31). The number of halogens is 1. The summed E-state index contributed by atoms with van der Waals surface area (Å²) < 4.78 is 1.78. The average Bonchev–Trinajstić information content (AvgIpc) is 3.20. The first-order chi connectivity index (χ1) is 17.0. The molecule has 0 fully saturated rings. The van der Waals surface area contributed by atoms with Gasteiger partial charge in [-0.15, -0.1) is 0 Å². The minimum absolute atomic E-state index is 0.197. The zero-order valence-electron chi connectivity index (χ0n) is 19.3. The molecule has 7 nitrogen and oxygen atoms in total. The van der Waals surface area contributed by atoms with Crippen molar-refractivity contribution in [3.63, 3.8) is 0 Å². The first kappa shape index (κ1) is 22.6. The lowest BCUT2D eigenvalue weighted by Gasteiger charge is -2.14. The number of anilines is 2. The molecule has 5 rings (SSSR count). The van der Waals surface area contributed by atoms with Crippen molar-refractivity contribution in [3.8, 4) is 5.82 Å². The molecule has 3 aromatic carbocycles. The van der Waals surface area contributed by atoms with Gasteiger partial charge in [-0.25, -0.2) is 14.6 Å². The second kappa shape index (κ2) is 9.56. The number of fused-ring (bicyclic) bond motifs is 1. The smallest absolute Gasteiger partial charge is 0.251 e. The van der Waals surface area contributed by atoms with Gasteiger partial charge in [0, 0.05) is 28.5 Å². The van der Waals surface area contributed by atoms with E-state index in [-0.39, 0.29) is 5.91 Å². The Kier molecular flexibility index (Phi) is 6.16. The third-order valence-electron chi connectivity index (χ3n) is 5.55. The summed E-state index contributed by atoms with van der Waals surface area (Å²) in [5.74, 6) is 0.934. The van der Waals surface area contributed by atoms with E-state index in [4.69, 9.17) is 21.6 Å². The molecule has 0 atom stereocenters. The maximum absolute atomic E-state index is 12.8. The van der Waals surface area contributed by atoms with E-state index < -0.39 is 0 Å². The van der Waals surface area contributed by atoms with Crippen molar-refractivity contribution in [2.45, 2.75) is 20.4 Å². The van der Waals surface area contributed by atoms with E-state index in [0.717, 1.165) is 28.0 Å². The van der Waals surface area contributed by atoms with Crippen molar-refractivity contribution in [2.24, 2.45) is 0 Å². The van der Waals surface area contributed by atoms with Gasteiger partial charge >= 0.3 is 0 Å². The summed E-state index contributed by atoms with van der Waals surface area (Å²) in [5.41, 5.74) is 5.45. The van der Waals surface area contributed by atoms with E-state index in [2.05, 4.69) is 15.7 Å². The van der Waals surface area contributed by atoms with Gasteiger partial charge in [0.2, 0.25) is 0 Å². The second-order valence-corrected chi connectivity index (χ2v) is 8.61. The summed E-state index contributed by atoms with van der Waals surface area (Å²) in [6.45, 7) is 4.26. The molecule has 0 unspecified atom stereocenters. The topological polar surface area (TPSA) is 84.7 Å². The van der Waals surface area contributed by atoms with Gasteiger partial charge in [-0.05, 0) is 61.9 Å². The number of nitrogens with zero attached hydrogens (tertiary/aromatic N) is 4. The van der Waals surface area contributed by atoms with Crippen LogP contribution in [0.1, 0.15) is 27.3 Å². The van der Waals surface area contributed by atoms with Crippen LogP contribution in [0, 0.1) is 13.8 Å². The number of carbonyl (C=O) groups is 1. The lowest BCUT2D eigenvalue weighted by Crippen LogP contribution is -2.23. The highest BCUT2D eigenvalue weighted by Gasteiger charge is 2.15. The number of amides is 1. The number of aryl methyl sites for hydroxylation is 2. The first-order valence-corrected chi connectivity index (χ1v) is 11.5. The molecule has 2 heterocycles. The molecule has 2 N–H and O–H groups in total. The van der Waals surface area contributed by atoms with E-state index in [0.29, 0.717) is 34.5 Å². The van der Waals surface area contributed by atoms with Gasteiger partial charge in [0.15, 0.2) is 11.6 Å². The summed E-state index contributed by atoms with van der Waals surface area (Å²) in [4.78, 5) is 22.5. The summed E-state index contributed by atoms with van der Waals surface area (Å²) >= 11 is 6.21. The van der Waals surface area contributed by atoms with Crippen molar-refractivity contribution < 1.29 is 4.79 Å². The van der Waals surface area contributed by atoms with E-state index in [9.17, 15) is 4.79 Å². The summed E-state index contributed by atoms with van der Waals surface area (Å²) in [5, 5.41) is 11.5. The molecule has 1 amide bonds. The van der Waals surface area contributed by atoms with Crippen molar-refractivity contribution in [2.75, 3.05) is 5.32 Å². The molecule has 8 heteroatoms. The van der Waals surface area contributed by atoms with Gasteiger partial charge in [0.1, 0.15) is 0 Å². The molecule has 0 radical (unpaired) electrons. The van der Waals surface area contributed by atoms with E-state index in [1.54, 1.807) is 22.9 Å². The zero-order valence-corrected chi connectivity index (χ0v) is 20.0. The Labute approximate surface area is 207 Å². The van der Waals surface area contributed by atoms with Gasteiger partial charge in [0.25, 0.3) is 5.91 Å². The summed E-state index contributed by atoms with van der Waals surface area (Å²) in [6.07, 6.45) is 0. The van der Waals surface area contributed by atoms with Gasteiger partial charge in [-0.1, -0.05) is 48.0 Å². The minimum Gasteiger partial charge on any atom is -0.348 e. The van der Waals surface area contributed by atoms with Crippen LogP contribution >= 0.6 is 11.6 Å². The fourth-order valence-electron chi connectivity index (χ4n) is 3.86. The Morgan fingerprint density at radius 1 is 0.914 bits per heavy atom. The highest BCUT2D eigenvalue weighted by molar-refractivity contribution is 6.31. The fraction of sp³-hybridized carbons (Fsp3) is 0.111. The van der Waals surface area contributed by atoms with Crippen molar-refractivity contribution in [1.82, 2.24) is 25.1 Å². The van der Waals surface area contributed by atoms with Crippen LogP contribution in [0.3, 0.4) is 0 Å². The molecule has 0 aliphatic heterocycles. The van der Waals surface area contributed by atoms with Gasteiger partial charge in [0.05, 0.1) is 16.7 Å². The van der Waals surface area contributed by atoms with Crippen LogP contribution in [0.5, 0.6) is 0 Å². The van der Waals surface area contributed by atoms with E-state index >= 15 is 0 Å². The fourth-order valence-corrected chi connectivity index (χ4v) is 4.06. The molecule has 2 aromatic heterocycles. The predicted octanol–water partition coefficient (Wildman–Crippen LogP) is 5.76. The number of hydrogen-bond donors (Lipinski definition) is 2. The maximum atomic E-state index is 12.8. The molecule has 0 aliphatic carbocycles. The van der Waals surface area contributed by atoms with Gasteiger partial charge < -0.3 is 10.6 Å². The largest absolute Gasteiger partial charge is 0.348 e. The lowest BCUT2D eigenvalue weighted by atomic mass is 10.1. The number of aromatic nitrogens is 4. The maximum Gasteiger partial charge on any atom is 0.251 e. The number of carbonyl (C=O) groups excluding carboxylic acids is 1. The van der Waals surface area contributed by atoms with Crippen LogP contribution < -0.4 is 10.6 Å². The van der Waals surface area contributed by atoms with Crippen molar-refractivity contribution in [3.05, 3.63) is 106 Å². The SMILES string of the molecule is Cc1cc(C)n(-c2nc3ccccc3nc2Nc2cccc(C(=O)NCc3ccccc3Cl)c2)n1. The van der Waals surface area contributed by atoms with E-state index in [1.807, 2.05) is 74.5 Å². The Hall–Kier alpha value is -4.23. The Bertz CT molecular complexity index is 1540.